The molecular formula is C14H10ClNO3. The number of halogens is 1. The van der Waals surface area contributed by atoms with Gasteiger partial charge < -0.3 is 0 Å². The number of rotatable bonds is 3. The predicted octanol–water partition coefficient (Wildman–Crippen LogP) is 3.79. The molecule has 2 rings (SSSR count). The van der Waals surface area contributed by atoms with Gasteiger partial charge in [-0.15, -0.1) is 0 Å². The lowest BCUT2D eigenvalue weighted by atomic mass is 9.99. The van der Waals surface area contributed by atoms with Crippen LogP contribution in [0.1, 0.15) is 21.5 Å². The number of aryl methyl sites for hydroxylation is 1. The first kappa shape index (κ1) is 13.2. The molecule has 4 nitrogen and oxygen atoms in total. The van der Waals surface area contributed by atoms with Crippen molar-refractivity contribution in [3.63, 3.8) is 0 Å². The number of carbonyl (C=O) groups is 1. The highest BCUT2D eigenvalue weighted by Gasteiger charge is 2.13. The number of nitro benzene ring substituents is 1. The fourth-order valence-electron chi connectivity index (χ4n) is 1.77. The number of hydrogen-bond acceptors (Lipinski definition) is 3. The number of non-ortho nitro benzene ring substituents is 1. The molecule has 5 heteroatoms. The second kappa shape index (κ2) is 5.20. The highest BCUT2D eigenvalue weighted by Crippen LogP contribution is 2.20. The molecule has 0 fully saturated rings. The molecule has 0 spiro atoms. The molecule has 2 aromatic rings. The summed E-state index contributed by atoms with van der Waals surface area (Å²) in [7, 11) is 0. The molecule has 0 N–H and O–H groups in total. The van der Waals surface area contributed by atoms with Crippen LogP contribution in [0.3, 0.4) is 0 Å². The van der Waals surface area contributed by atoms with Crippen molar-refractivity contribution in [3.8, 4) is 0 Å². The fourth-order valence-corrected chi connectivity index (χ4v) is 2.00. The average Bonchev–Trinajstić information content (AvgIpc) is 2.38. The fraction of sp³-hybridized carbons (Fsp3) is 0.0714. The van der Waals surface area contributed by atoms with E-state index in [0.717, 1.165) is 5.56 Å². The van der Waals surface area contributed by atoms with Crippen LogP contribution in [-0.2, 0) is 0 Å². The topological polar surface area (TPSA) is 60.2 Å². The molecule has 0 bridgehead atoms. The first-order valence-corrected chi connectivity index (χ1v) is 5.92. The van der Waals surface area contributed by atoms with Crippen molar-refractivity contribution < 1.29 is 9.72 Å². The van der Waals surface area contributed by atoms with Crippen LogP contribution in [0.5, 0.6) is 0 Å². The molecule has 0 saturated carbocycles. The van der Waals surface area contributed by atoms with E-state index in [4.69, 9.17) is 11.6 Å². The van der Waals surface area contributed by atoms with E-state index in [0.29, 0.717) is 16.1 Å². The van der Waals surface area contributed by atoms with Gasteiger partial charge in [0.15, 0.2) is 5.78 Å². The van der Waals surface area contributed by atoms with Gasteiger partial charge in [-0.05, 0) is 42.8 Å². The quantitative estimate of drug-likeness (QED) is 0.486. The second-order valence-corrected chi connectivity index (χ2v) is 4.53. The predicted molar refractivity (Wildman–Crippen MR) is 72.7 cm³/mol. The van der Waals surface area contributed by atoms with Crippen LogP contribution in [0, 0.1) is 17.0 Å². The number of ketones is 1. The van der Waals surface area contributed by atoms with E-state index in [1.165, 1.54) is 24.3 Å². The highest BCUT2D eigenvalue weighted by molar-refractivity contribution is 6.30. The van der Waals surface area contributed by atoms with Crippen LogP contribution < -0.4 is 0 Å². The summed E-state index contributed by atoms with van der Waals surface area (Å²) in [5.41, 5.74) is 1.69. The molecule has 0 aliphatic carbocycles. The van der Waals surface area contributed by atoms with Crippen LogP contribution >= 0.6 is 11.6 Å². The van der Waals surface area contributed by atoms with E-state index in [1.807, 2.05) is 0 Å². The molecule has 0 aliphatic heterocycles. The number of benzene rings is 2. The van der Waals surface area contributed by atoms with Crippen LogP contribution in [0.2, 0.25) is 5.02 Å². The Balaban J connectivity index is 2.36. The van der Waals surface area contributed by atoms with Crippen molar-refractivity contribution in [2.75, 3.05) is 0 Å². The molecule has 2 aromatic carbocycles. The Morgan fingerprint density at radius 1 is 1.16 bits per heavy atom. The first-order chi connectivity index (χ1) is 8.99. The Kier molecular flexibility index (Phi) is 3.62. The lowest BCUT2D eigenvalue weighted by Gasteiger charge is -2.05. The molecule has 0 heterocycles. The number of nitrogens with zero attached hydrogens (tertiary/aromatic N) is 1. The molecule has 19 heavy (non-hydrogen) atoms. The van der Waals surface area contributed by atoms with Crippen LogP contribution in [0.4, 0.5) is 5.69 Å². The molecule has 0 saturated heterocycles. The number of hydrogen-bond donors (Lipinski definition) is 0. The SMILES string of the molecule is Cc1cc(Cl)ccc1C(=O)c1ccc([N+](=O)[O-])cc1. The zero-order valence-electron chi connectivity index (χ0n) is 10.1. The summed E-state index contributed by atoms with van der Waals surface area (Å²) in [4.78, 5) is 22.3. The summed E-state index contributed by atoms with van der Waals surface area (Å²) < 4.78 is 0. The minimum Gasteiger partial charge on any atom is -0.289 e. The van der Waals surface area contributed by atoms with Crippen molar-refractivity contribution in [2.45, 2.75) is 6.92 Å². The van der Waals surface area contributed by atoms with Gasteiger partial charge >= 0.3 is 0 Å². The Morgan fingerprint density at radius 3 is 2.32 bits per heavy atom. The molecule has 96 valence electrons. The van der Waals surface area contributed by atoms with Crippen molar-refractivity contribution in [1.29, 1.82) is 0 Å². The molecule has 0 amide bonds. The molecule has 0 atom stereocenters. The van der Waals surface area contributed by atoms with E-state index in [-0.39, 0.29) is 11.5 Å². The van der Waals surface area contributed by atoms with Crippen molar-refractivity contribution in [2.24, 2.45) is 0 Å². The summed E-state index contributed by atoms with van der Waals surface area (Å²) in [6.07, 6.45) is 0. The third-order valence-corrected chi connectivity index (χ3v) is 3.01. The second-order valence-electron chi connectivity index (χ2n) is 4.09. The van der Waals surface area contributed by atoms with Gasteiger partial charge in [-0.3, -0.25) is 14.9 Å². The normalized spacial score (nSPS) is 10.2. The van der Waals surface area contributed by atoms with E-state index in [1.54, 1.807) is 25.1 Å². The minimum atomic E-state index is -0.498. The average molecular weight is 276 g/mol. The maximum atomic E-state index is 12.2. The van der Waals surface area contributed by atoms with E-state index in [9.17, 15) is 14.9 Å². The number of nitro groups is 1. The molecule has 0 aromatic heterocycles. The lowest BCUT2D eigenvalue weighted by molar-refractivity contribution is -0.384. The summed E-state index contributed by atoms with van der Waals surface area (Å²) in [6, 6.07) is 10.6. The molecule has 0 radical (unpaired) electrons. The zero-order valence-corrected chi connectivity index (χ0v) is 10.8. The smallest absolute Gasteiger partial charge is 0.269 e. The lowest BCUT2D eigenvalue weighted by Crippen LogP contribution is -2.03. The maximum absolute atomic E-state index is 12.2. The maximum Gasteiger partial charge on any atom is 0.269 e. The minimum absolute atomic E-state index is 0.0376. The standard InChI is InChI=1S/C14H10ClNO3/c1-9-8-11(15)4-7-13(9)14(17)10-2-5-12(6-3-10)16(18)19/h2-8H,1H3. The van der Waals surface area contributed by atoms with E-state index < -0.39 is 4.92 Å². The van der Waals surface area contributed by atoms with Crippen molar-refractivity contribution in [1.82, 2.24) is 0 Å². The van der Waals surface area contributed by atoms with Gasteiger partial charge in [0.2, 0.25) is 0 Å². The summed E-state index contributed by atoms with van der Waals surface area (Å²) in [6.45, 7) is 1.80. The first-order valence-electron chi connectivity index (χ1n) is 5.54. The van der Waals surface area contributed by atoms with Gasteiger partial charge in [0, 0.05) is 28.3 Å². The highest BCUT2D eigenvalue weighted by atomic mass is 35.5. The Bertz CT molecular complexity index is 650. The van der Waals surface area contributed by atoms with Gasteiger partial charge in [-0.1, -0.05) is 11.6 Å². The van der Waals surface area contributed by atoms with Gasteiger partial charge in [0.25, 0.3) is 5.69 Å². The van der Waals surface area contributed by atoms with Crippen molar-refractivity contribution >= 4 is 23.1 Å². The van der Waals surface area contributed by atoms with Crippen LogP contribution in [0.25, 0.3) is 0 Å². The van der Waals surface area contributed by atoms with Gasteiger partial charge in [-0.2, -0.15) is 0 Å². The van der Waals surface area contributed by atoms with Crippen LogP contribution in [0.15, 0.2) is 42.5 Å². The van der Waals surface area contributed by atoms with Crippen LogP contribution in [-0.4, -0.2) is 10.7 Å². The molecular weight excluding hydrogens is 266 g/mol. The van der Waals surface area contributed by atoms with Gasteiger partial charge in [0.1, 0.15) is 0 Å². The molecule has 0 unspecified atom stereocenters. The summed E-state index contributed by atoms with van der Waals surface area (Å²) in [5.74, 6) is -0.177. The largest absolute Gasteiger partial charge is 0.289 e. The molecule has 0 aliphatic rings. The summed E-state index contributed by atoms with van der Waals surface area (Å²) >= 11 is 5.84. The zero-order chi connectivity index (χ0) is 14.0. The van der Waals surface area contributed by atoms with E-state index >= 15 is 0 Å². The summed E-state index contributed by atoms with van der Waals surface area (Å²) in [5, 5.41) is 11.1. The Hall–Kier alpha value is -2.20. The van der Waals surface area contributed by atoms with Gasteiger partial charge in [-0.25, -0.2) is 0 Å². The third-order valence-electron chi connectivity index (χ3n) is 2.77. The van der Waals surface area contributed by atoms with Gasteiger partial charge in [0.05, 0.1) is 4.92 Å². The monoisotopic (exact) mass is 275 g/mol. The number of carbonyl (C=O) groups excluding carboxylic acids is 1. The van der Waals surface area contributed by atoms with E-state index in [2.05, 4.69) is 0 Å². The Labute approximate surface area is 114 Å². The Morgan fingerprint density at radius 2 is 1.79 bits per heavy atom. The van der Waals surface area contributed by atoms with Crippen molar-refractivity contribution in [3.05, 3.63) is 74.3 Å². The third kappa shape index (κ3) is 2.80.